The number of carbonyl (C=O) groups excluding carboxylic acids is 1. The van der Waals surface area contributed by atoms with Crippen LogP contribution in [-0.4, -0.2) is 10.9 Å². The summed E-state index contributed by atoms with van der Waals surface area (Å²) in [5, 5.41) is 0.534. The summed E-state index contributed by atoms with van der Waals surface area (Å²) in [4.78, 5) is 34.4. The van der Waals surface area contributed by atoms with Crippen molar-refractivity contribution in [3.8, 4) is 11.5 Å². The molecule has 5 aromatic rings. The second-order valence-corrected chi connectivity index (χ2v) is 9.70. The third kappa shape index (κ3) is 3.58. The van der Waals surface area contributed by atoms with E-state index < -0.39 is 23.2 Å². The molecule has 1 unspecified atom stereocenters. The molecule has 1 atom stereocenters. The summed E-state index contributed by atoms with van der Waals surface area (Å²) >= 11 is 1.36. The number of amides is 1. The Morgan fingerprint density at radius 2 is 1.75 bits per heavy atom. The van der Waals surface area contributed by atoms with Crippen molar-refractivity contribution in [1.82, 2.24) is 4.98 Å². The first-order valence-corrected chi connectivity index (χ1v) is 12.1. The fraction of sp³-hybridized carbons (Fsp3) is 0.107. The molecule has 0 N–H and O–H groups in total. The van der Waals surface area contributed by atoms with E-state index in [1.165, 1.54) is 28.4 Å². The Hall–Kier alpha value is -4.30. The molecule has 0 radical (unpaired) electrons. The molecule has 0 aliphatic carbocycles. The Morgan fingerprint density at radius 3 is 2.50 bits per heavy atom. The predicted molar refractivity (Wildman–Crippen MR) is 136 cm³/mol. The van der Waals surface area contributed by atoms with Gasteiger partial charge in [-0.05, 0) is 61.9 Å². The number of hydrogen-bond acceptors (Lipinski definition) is 6. The number of aryl methyl sites for hydroxylation is 2. The smallest absolute Gasteiger partial charge is 0.297 e. The van der Waals surface area contributed by atoms with Crippen LogP contribution in [0.3, 0.4) is 0 Å². The molecule has 0 saturated heterocycles. The summed E-state index contributed by atoms with van der Waals surface area (Å²) in [5.74, 6) is 0.103. The van der Waals surface area contributed by atoms with Gasteiger partial charge in [0.2, 0.25) is 5.76 Å². The van der Waals surface area contributed by atoms with Crippen LogP contribution in [0.2, 0.25) is 0 Å². The zero-order valence-electron chi connectivity index (χ0n) is 19.3. The van der Waals surface area contributed by atoms with Gasteiger partial charge in [-0.25, -0.2) is 9.37 Å². The van der Waals surface area contributed by atoms with Gasteiger partial charge in [0.1, 0.15) is 22.9 Å². The van der Waals surface area contributed by atoms with Gasteiger partial charge in [-0.2, -0.15) is 0 Å². The minimum atomic E-state index is -0.819. The number of anilines is 1. The Morgan fingerprint density at radius 1 is 0.972 bits per heavy atom. The average Bonchev–Trinajstić information content (AvgIpc) is 3.36. The quantitative estimate of drug-likeness (QED) is 0.281. The van der Waals surface area contributed by atoms with E-state index in [0.29, 0.717) is 22.2 Å². The van der Waals surface area contributed by atoms with E-state index in [1.54, 1.807) is 18.2 Å². The van der Waals surface area contributed by atoms with E-state index in [0.717, 1.165) is 16.6 Å². The monoisotopic (exact) mass is 498 g/mol. The van der Waals surface area contributed by atoms with Crippen LogP contribution in [0.4, 0.5) is 9.52 Å². The number of ether oxygens (including phenoxy) is 1. The molecule has 0 fully saturated rings. The summed E-state index contributed by atoms with van der Waals surface area (Å²) in [6.07, 6.45) is 0. The molecule has 3 heterocycles. The third-order valence-electron chi connectivity index (χ3n) is 6.21. The van der Waals surface area contributed by atoms with Gasteiger partial charge in [-0.15, -0.1) is 11.3 Å². The third-order valence-corrected chi connectivity index (χ3v) is 7.28. The standard InChI is InChI=1S/C28H19FN2O4S/c1-15-16(2)36-28(30-15)31-24(17-7-6-10-20(13-17)34-19-8-4-3-5-9-19)23-25(32)21-14-18(29)11-12-22(21)35-26(23)27(31)33/h3-14,24H,1-2H3. The van der Waals surface area contributed by atoms with Crippen LogP contribution in [0.25, 0.3) is 11.0 Å². The predicted octanol–water partition coefficient (Wildman–Crippen LogP) is 6.55. The highest BCUT2D eigenvalue weighted by Gasteiger charge is 2.45. The molecule has 2 aromatic heterocycles. The van der Waals surface area contributed by atoms with Crippen molar-refractivity contribution in [2.45, 2.75) is 19.9 Å². The van der Waals surface area contributed by atoms with Crippen molar-refractivity contribution in [2.75, 3.05) is 4.90 Å². The lowest BCUT2D eigenvalue weighted by Crippen LogP contribution is -2.29. The van der Waals surface area contributed by atoms with E-state index in [1.807, 2.05) is 50.2 Å². The normalized spacial score (nSPS) is 14.9. The summed E-state index contributed by atoms with van der Waals surface area (Å²) in [6.45, 7) is 3.79. The number of hydrogen-bond donors (Lipinski definition) is 0. The molecule has 3 aromatic carbocycles. The maximum atomic E-state index is 14.0. The number of nitrogens with zero attached hydrogens (tertiary/aromatic N) is 2. The number of halogens is 1. The second-order valence-electron chi connectivity index (χ2n) is 8.52. The highest BCUT2D eigenvalue weighted by molar-refractivity contribution is 7.15. The van der Waals surface area contributed by atoms with Crippen LogP contribution in [0.5, 0.6) is 11.5 Å². The number of carbonyl (C=O) groups is 1. The molecule has 1 amide bonds. The van der Waals surface area contributed by atoms with Gasteiger partial charge in [0, 0.05) is 4.88 Å². The van der Waals surface area contributed by atoms with Gasteiger partial charge < -0.3 is 9.15 Å². The minimum absolute atomic E-state index is 0.0657. The fourth-order valence-electron chi connectivity index (χ4n) is 4.39. The molecule has 0 bridgehead atoms. The van der Waals surface area contributed by atoms with Crippen molar-refractivity contribution in [1.29, 1.82) is 0 Å². The molecule has 1 aliphatic heterocycles. The molecular formula is C28H19FN2O4S. The molecule has 6 nitrogen and oxygen atoms in total. The van der Waals surface area contributed by atoms with Gasteiger partial charge in [-0.1, -0.05) is 30.3 Å². The molecule has 36 heavy (non-hydrogen) atoms. The van der Waals surface area contributed by atoms with Crippen molar-refractivity contribution in [3.05, 3.63) is 116 Å². The van der Waals surface area contributed by atoms with Crippen LogP contribution in [0.1, 0.15) is 38.3 Å². The van der Waals surface area contributed by atoms with Crippen molar-refractivity contribution in [3.63, 3.8) is 0 Å². The Labute approximate surface area is 209 Å². The Bertz CT molecular complexity index is 1690. The van der Waals surface area contributed by atoms with Gasteiger partial charge in [0.25, 0.3) is 5.91 Å². The highest BCUT2D eigenvalue weighted by atomic mass is 32.1. The number of rotatable bonds is 4. The lowest BCUT2D eigenvalue weighted by Gasteiger charge is -2.23. The largest absolute Gasteiger partial charge is 0.457 e. The van der Waals surface area contributed by atoms with E-state index in [2.05, 4.69) is 4.98 Å². The number of fused-ring (bicyclic) bond motifs is 2. The number of para-hydroxylation sites is 1. The molecule has 0 saturated carbocycles. The van der Waals surface area contributed by atoms with Gasteiger partial charge >= 0.3 is 0 Å². The molecule has 0 spiro atoms. The zero-order chi connectivity index (χ0) is 25.0. The van der Waals surface area contributed by atoms with Crippen molar-refractivity contribution < 1.29 is 18.3 Å². The number of aromatic nitrogens is 1. The van der Waals surface area contributed by atoms with E-state index in [9.17, 15) is 14.0 Å². The first-order valence-electron chi connectivity index (χ1n) is 11.3. The summed E-state index contributed by atoms with van der Waals surface area (Å²) in [7, 11) is 0. The molecule has 178 valence electrons. The average molecular weight is 499 g/mol. The summed E-state index contributed by atoms with van der Waals surface area (Å²) in [5.41, 5.74) is 1.29. The molecular weight excluding hydrogens is 479 g/mol. The second kappa shape index (κ2) is 8.42. The lowest BCUT2D eigenvalue weighted by atomic mass is 9.98. The molecule has 8 heteroatoms. The maximum absolute atomic E-state index is 14.0. The minimum Gasteiger partial charge on any atom is -0.457 e. The Kier molecular flexibility index (Phi) is 5.19. The van der Waals surface area contributed by atoms with E-state index >= 15 is 0 Å². The first kappa shape index (κ1) is 22.2. The van der Waals surface area contributed by atoms with Crippen LogP contribution in [0, 0.1) is 19.7 Å². The lowest BCUT2D eigenvalue weighted by molar-refractivity contribution is 0.0971. The van der Waals surface area contributed by atoms with Crippen LogP contribution in [-0.2, 0) is 0 Å². The van der Waals surface area contributed by atoms with Gasteiger partial charge in [0.15, 0.2) is 10.6 Å². The van der Waals surface area contributed by atoms with Crippen LogP contribution in [0.15, 0.2) is 82.0 Å². The first-order chi connectivity index (χ1) is 17.4. The van der Waals surface area contributed by atoms with E-state index in [4.69, 9.17) is 9.15 Å². The number of thiazole rings is 1. The SMILES string of the molecule is Cc1nc(N2C(=O)c3oc4ccc(F)cc4c(=O)c3C2c2cccc(Oc3ccccc3)c2)sc1C. The number of benzene rings is 3. The maximum Gasteiger partial charge on any atom is 0.297 e. The van der Waals surface area contributed by atoms with Crippen molar-refractivity contribution in [2.24, 2.45) is 0 Å². The zero-order valence-corrected chi connectivity index (χ0v) is 20.1. The summed E-state index contributed by atoms with van der Waals surface area (Å²) < 4.78 is 25.9. The molecule has 1 aliphatic rings. The summed E-state index contributed by atoms with van der Waals surface area (Å²) in [6, 6.07) is 19.4. The molecule has 6 rings (SSSR count). The van der Waals surface area contributed by atoms with Crippen molar-refractivity contribution >= 4 is 33.3 Å². The fourth-order valence-corrected chi connectivity index (χ4v) is 5.33. The topological polar surface area (TPSA) is 72.6 Å². The van der Waals surface area contributed by atoms with Gasteiger partial charge in [0.05, 0.1) is 22.7 Å². The van der Waals surface area contributed by atoms with E-state index in [-0.39, 0.29) is 22.3 Å². The van der Waals surface area contributed by atoms with Gasteiger partial charge in [-0.3, -0.25) is 14.5 Å². The Balaban J connectivity index is 1.56. The van der Waals surface area contributed by atoms with Crippen LogP contribution >= 0.6 is 11.3 Å². The highest BCUT2D eigenvalue weighted by Crippen LogP contribution is 2.43. The van der Waals surface area contributed by atoms with Crippen LogP contribution < -0.4 is 15.1 Å².